The molecule has 0 bridgehead atoms. The summed E-state index contributed by atoms with van der Waals surface area (Å²) in [6.07, 6.45) is 0. The van der Waals surface area contributed by atoms with Gasteiger partial charge in [-0.3, -0.25) is 4.79 Å². The van der Waals surface area contributed by atoms with Crippen molar-refractivity contribution >= 4 is 34.9 Å². The van der Waals surface area contributed by atoms with E-state index in [9.17, 15) is 9.59 Å². The summed E-state index contributed by atoms with van der Waals surface area (Å²) in [5.41, 5.74) is 3.06. The van der Waals surface area contributed by atoms with Gasteiger partial charge in [-0.1, -0.05) is 17.7 Å². The van der Waals surface area contributed by atoms with E-state index in [0.717, 1.165) is 11.3 Å². The van der Waals surface area contributed by atoms with Crippen LogP contribution in [0.4, 0.5) is 11.4 Å². The maximum absolute atomic E-state index is 12.6. The van der Waals surface area contributed by atoms with Gasteiger partial charge in [0.15, 0.2) is 0 Å². The topological polar surface area (TPSA) is 67.9 Å². The van der Waals surface area contributed by atoms with Gasteiger partial charge in [0.05, 0.1) is 31.1 Å². The third kappa shape index (κ3) is 4.64. The van der Waals surface area contributed by atoms with Crippen molar-refractivity contribution < 1.29 is 19.1 Å². The second-order valence-corrected chi connectivity index (χ2v) is 6.88. The van der Waals surface area contributed by atoms with E-state index < -0.39 is 5.97 Å². The Labute approximate surface area is 169 Å². The molecule has 1 amide bonds. The van der Waals surface area contributed by atoms with E-state index in [1.807, 2.05) is 13.0 Å². The van der Waals surface area contributed by atoms with Crippen molar-refractivity contribution in [2.75, 3.05) is 43.1 Å². The zero-order valence-electron chi connectivity index (χ0n) is 16.0. The lowest BCUT2D eigenvalue weighted by atomic mass is 10.1. The molecule has 0 unspecified atom stereocenters. The Hall–Kier alpha value is -2.57. The fourth-order valence-corrected chi connectivity index (χ4v) is 3.18. The van der Waals surface area contributed by atoms with Crippen LogP contribution in [0.2, 0.25) is 5.02 Å². The quantitative estimate of drug-likeness (QED) is 0.768. The molecule has 0 radical (unpaired) electrons. The van der Waals surface area contributed by atoms with Gasteiger partial charge in [0.2, 0.25) is 0 Å². The second kappa shape index (κ2) is 9.08. The summed E-state index contributed by atoms with van der Waals surface area (Å²) in [5.74, 6) is -0.714. The van der Waals surface area contributed by atoms with Crippen molar-refractivity contribution in [1.29, 1.82) is 0 Å². The van der Waals surface area contributed by atoms with E-state index in [-0.39, 0.29) is 12.5 Å². The van der Waals surface area contributed by atoms with E-state index in [1.165, 1.54) is 0 Å². The minimum atomic E-state index is -0.418. The lowest BCUT2D eigenvalue weighted by Gasteiger charge is -2.30. The van der Waals surface area contributed by atoms with Gasteiger partial charge in [0.25, 0.3) is 5.91 Å². The molecule has 2 aromatic rings. The van der Waals surface area contributed by atoms with E-state index in [0.29, 0.717) is 48.1 Å². The van der Waals surface area contributed by atoms with Gasteiger partial charge in [-0.05, 0) is 49.7 Å². The molecule has 0 spiro atoms. The molecule has 148 valence electrons. The molecule has 7 heteroatoms. The number of amides is 1. The minimum absolute atomic E-state index is 0.278. The van der Waals surface area contributed by atoms with E-state index in [2.05, 4.69) is 10.2 Å². The van der Waals surface area contributed by atoms with Crippen LogP contribution in [0.1, 0.15) is 33.2 Å². The number of carbonyl (C=O) groups is 2. The highest BCUT2D eigenvalue weighted by atomic mass is 35.5. The van der Waals surface area contributed by atoms with Crippen LogP contribution in [0.25, 0.3) is 0 Å². The van der Waals surface area contributed by atoms with Gasteiger partial charge in [-0.2, -0.15) is 0 Å². The number of anilines is 2. The highest BCUT2D eigenvalue weighted by Crippen LogP contribution is 2.27. The number of ether oxygens (including phenoxy) is 2. The van der Waals surface area contributed by atoms with Crippen molar-refractivity contribution in [2.24, 2.45) is 0 Å². The first kappa shape index (κ1) is 20.2. The molecule has 1 aliphatic heterocycles. The lowest BCUT2D eigenvalue weighted by molar-refractivity contribution is 0.0526. The third-order valence-electron chi connectivity index (χ3n) is 4.54. The number of carbonyl (C=O) groups excluding carboxylic acids is 2. The minimum Gasteiger partial charge on any atom is -0.462 e. The molecule has 1 heterocycles. The number of hydrogen-bond donors (Lipinski definition) is 1. The van der Waals surface area contributed by atoms with Crippen LogP contribution in [-0.2, 0) is 9.47 Å². The van der Waals surface area contributed by atoms with E-state index in [1.54, 1.807) is 37.3 Å². The Balaban J connectivity index is 1.86. The van der Waals surface area contributed by atoms with Gasteiger partial charge in [0, 0.05) is 29.4 Å². The molecule has 0 aliphatic carbocycles. The van der Waals surface area contributed by atoms with Crippen molar-refractivity contribution in [1.82, 2.24) is 0 Å². The van der Waals surface area contributed by atoms with Crippen molar-refractivity contribution in [2.45, 2.75) is 13.8 Å². The van der Waals surface area contributed by atoms with Gasteiger partial charge < -0.3 is 19.7 Å². The van der Waals surface area contributed by atoms with Crippen LogP contribution in [0.15, 0.2) is 36.4 Å². The predicted molar refractivity (Wildman–Crippen MR) is 110 cm³/mol. The zero-order chi connectivity index (χ0) is 20.1. The molecule has 0 aromatic heterocycles. The van der Waals surface area contributed by atoms with Gasteiger partial charge in [-0.25, -0.2) is 4.79 Å². The average Bonchev–Trinajstić information content (AvgIpc) is 2.70. The number of hydrogen-bond acceptors (Lipinski definition) is 5. The molecule has 0 saturated carbocycles. The standard InChI is InChI=1S/C21H23ClN2O4/c1-3-28-21(26)17-13-16(6-7-19(17)24-8-10-27-11-9-24)23-20(25)15-5-4-14(2)18(22)12-15/h4-7,12-13H,3,8-11H2,1-2H3,(H,23,25). The Bertz CT molecular complexity index is 879. The number of benzene rings is 2. The zero-order valence-corrected chi connectivity index (χ0v) is 16.7. The monoisotopic (exact) mass is 402 g/mol. The van der Waals surface area contributed by atoms with Crippen LogP contribution in [0, 0.1) is 6.92 Å². The summed E-state index contributed by atoms with van der Waals surface area (Å²) in [5, 5.41) is 3.35. The molecule has 1 N–H and O–H groups in total. The van der Waals surface area contributed by atoms with Crippen molar-refractivity contribution in [3.63, 3.8) is 0 Å². The van der Waals surface area contributed by atoms with Gasteiger partial charge in [-0.15, -0.1) is 0 Å². The summed E-state index contributed by atoms with van der Waals surface area (Å²) < 4.78 is 10.6. The highest BCUT2D eigenvalue weighted by molar-refractivity contribution is 6.31. The Morgan fingerprint density at radius 3 is 2.61 bits per heavy atom. The molecule has 0 atom stereocenters. The Morgan fingerprint density at radius 2 is 1.93 bits per heavy atom. The molecule has 3 rings (SSSR count). The van der Waals surface area contributed by atoms with E-state index >= 15 is 0 Å². The molecule has 6 nitrogen and oxygen atoms in total. The van der Waals surface area contributed by atoms with Crippen LogP contribution >= 0.6 is 11.6 Å². The summed E-state index contributed by atoms with van der Waals surface area (Å²) in [4.78, 5) is 27.1. The summed E-state index contributed by atoms with van der Waals surface area (Å²) >= 11 is 6.11. The number of nitrogens with one attached hydrogen (secondary N) is 1. The lowest BCUT2D eigenvalue weighted by Crippen LogP contribution is -2.37. The summed E-state index contributed by atoms with van der Waals surface area (Å²) in [7, 11) is 0. The second-order valence-electron chi connectivity index (χ2n) is 6.47. The molecular formula is C21H23ClN2O4. The average molecular weight is 403 g/mol. The van der Waals surface area contributed by atoms with Crippen LogP contribution in [0.5, 0.6) is 0 Å². The Kier molecular flexibility index (Phi) is 6.54. The fourth-order valence-electron chi connectivity index (χ4n) is 3.00. The Morgan fingerprint density at radius 1 is 1.18 bits per heavy atom. The first-order valence-electron chi connectivity index (χ1n) is 9.21. The maximum Gasteiger partial charge on any atom is 0.340 e. The third-order valence-corrected chi connectivity index (χ3v) is 4.94. The molecule has 1 saturated heterocycles. The first-order valence-corrected chi connectivity index (χ1v) is 9.58. The van der Waals surface area contributed by atoms with Gasteiger partial charge >= 0.3 is 5.97 Å². The fraction of sp³-hybridized carbons (Fsp3) is 0.333. The molecular weight excluding hydrogens is 380 g/mol. The normalized spacial score (nSPS) is 13.9. The molecule has 28 heavy (non-hydrogen) atoms. The van der Waals surface area contributed by atoms with Gasteiger partial charge in [0.1, 0.15) is 0 Å². The number of nitrogens with zero attached hydrogens (tertiary/aromatic N) is 1. The molecule has 1 fully saturated rings. The van der Waals surface area contributed by atoms with Crippen LogP contribution in [0.3, 0.4) is 0 Å². The van der Waals surface area contributed by atoms with Crippen LogP contribution in [-0.4, -0.2) is 44.8 Å². The first-order chi connectivity index (χ1) is 13.5. The van der Waals surface area contributed by atoms with Crippen molar-refractivity contribution in [3.05, 3.63) is 58.1 Å². The number of halogens is 1. The highest BCUT2D eigenvalue weighted by Gasteiger charge is 2.21. The number of aryl methyl sites for hydroxylation is 1. The van der Waals surface area contributed by atoms with Crippen molar-refractivity contribution in [3.8, 4) is 0 Å². The summed E-state index contributed by atoms with van der Waals surface area (Å²) in [6, 6.07) is 10.4. The van der Waals surface area contributed by atoms with Crippen LogP contribution < -0.4 is 10.2 Å². The molecule has 2 aromatic carbocycles. The largest absolute Gasteiger partial charge is 0.462 e. The number of morpholine rings is 1. The number of esters is 1. The predicted octanol–water partition coefficient (Wildman–Crippen LogP) is 3.91. The number of rotatable bonds is 5. The van der Waals surface area contributed by atoms with E-state index in [4.69, 9.17) is 21.1 Å². The molecule has 1 aliphatic rings. The maximum atomic E-state index is 12.6. The summed E-state index contributed by atoms with van der Waals surface area (Å²) in [6.45, 7) is 6.52. The SMILES string of the molecule is CCOC(=O)c1cc(NC(=O)c2ccc(C)c(Cl)c2)ccc1N1CCOCC1. The smallest absolute Gasteiger partial charge is 0.340 e.